The van der Waals surface area contributed by atoms with Crippen LogP contribution in [0.15, 0.2) is 54.6 Å². The second-order valence-corrected chi connectivity index (χ2v) is 7.51. The Labute approximate surface area is 171 Å². The summed E-state index contributed by atoms with van der Waals surface area (Å²) in [6.45, 7) is 3.87. The summed E-state index contributed by atoms with van der Waals surface area (Å²) < 4.78 is 42.1. The lowest BCUT2D eigenvalue weighted by molar-refractivity contribution is -0.173. The van der Waals surface area contributed by atoms with Crippen molar-refractivity contribution in [3.63, 3.8) is 0 Å². The van der Waals surface area contributed by atoms with Gasteiger partial charge in [0.25, 0.3) is 5.91 Å². The smallest absolute Gasteiger partial charge is 0.363 e. The number of rotatable bonds is 3. The summed E-state index contributed by atoms with van der Waals surface area (Å²) in [6, 6.07) is 13.4. The SMILES string of the molecule is Cc1ccc(NC(=O)c2cc3n(n2)[C@@H](C(F)(F)F)C[C@@H](c2ccccc2)N3)cc1C. The highest BCUT2D eigenvalue weighted by Gasteiger charge is 2.46. The van der Waals surface area contributed by atoms with Gasteiger partial charge >= 0.3 is 6.18 Å². The van der Waals surface area contributed by atoms with Crippen molar-refractivity contribution in [3.8, 4) is 0 Å². The van der Waals surface area contributed by atoms with E-state index >= 15 is 0 Å². The van der Waals surface area contributed by atoms with Crippen molar-refractivity contribution in [1.82, 2.24) is 9.78 Å². The predicted molar refractivity (Wildman–Crippen MR) is 109 cm³/mol. The van der Waals surface area contributed by atoms with Gasteiger partial charge in [0.2, 0.25) is 0 Å². The maximum Gasteiger partial charge on any atom is 0.410 e. The van der Waals surface area contributed by atoms with Gasteiger partial charge in [0.05, 0.1) is 6.04 Å². The summed E-state index contributed by atoms with van der Waals surface area (Å²) >= 11 is 0. The van der Waals surface area contributed by atoms with Crippen LogP contribution >= 0.6 is 0 Å². The zero-order valence-electron chi connectivity index (χ0n) is 16.5. The van der Waals surface area contributed by atoms with Crippen LogP contribution < -0.4 is 10.6 Å². The fourth-order valence-corrected chi connectivity index (χ4v) is 3.60. The Hall–Kier alpha value is -3.29. The van der Waals surface area contributed by atoms with Crippen molar-refractivity contribution in [2.75, 3.05) is 10.6 Å². The van der Waals surface area contributed by atoms with Crippen LogP contribution in [0.4, 0.5) is 24.7 Å². The maximum atomic E-state index is 13.8. The second-order valence-electron chi connectivity index (χ2n) is 7.51. The molecule has 0 spiro atoms. The summed E-state index contributed by atoms with van der Waals surface area (Å²) in [6.07, 6.45) is -4.70. The van der Waals surface area contributed by atoms with E-state index in [9.17, 15) is 18.0 Å². The molecule has 2 N–H and O–H groups in total. The van der Waals surface area contributed by atoms with Crippen LogP contribution in [0.1, 0.15) is 45.7 Å². The Balaban J connectivity index is 1.63. The second kappa shape index (κ2) is 7.51. The summed E-state index contributed by atoms with van der Waals surface area (Å²) in [7, 11) is 0. The number of anilines is 2. The van der Waals surface area contributed by atoms with Crippen LogP contribution in [0.25, 0.3) is 0 Å². The van der Waals surface area contributed by atoms with Gasteiger partial charge in [0, 0.05) is 18.2 Å². The van der Waals surface area contributed by atoms with E-state index in [-0.39, 0.29) is 17.9 Å². The molecule has 0 saturated carbocycles. The maximum absolute atomic E-state index is 13.8. The molecule has 0 bridgehead atoms. The number of fused-ring (bicyclic) bond motifs is 1. The number of halogens is 3. The highest BCUT2D eigenvalue weighted by Crippen LogP contribution is 2.43. The van der Waals surface area contributed by atoms with Gasteiger partial charge in [-0.15, -0.1) is 0 Å². The molecule has 2 aromatic carbocycles. The quantitative estimate of drug-likeness (QED) is 0.602. The summed E-state index contributed by atoms with van der Waals surface area (Å²) in [5, 5.41) is 9.78. The van der Waals surface area contributed by atoms with Crippen molar-refractivity contribution in [3.05, 3.63) is 77.0 Å². The minimum atomic E-state index is -4.49. The first kappa shape index (κ1) is 20.0. The molecule has 3 aromatic rings. The Morgan fingerprint density at radius 2 is 1.83 bits per heavy atom. The van der Waals surface area contributed by atoms with E-state index in [0.29, 0.717) is 5.69 Å². The number of carbonyl (C=O) groups excluding carboxylic acids is 1. The fourth-order valence-electron chi connectivity index (χ4n) is 3.60. The third-order valence-electron chi connectivity index (χ3n) is 5.39. The third kappa shape index (κ3) is 3.90. The van der Waals surface area contributed by atoms with E-state index in [4.69, 9.17) is 0 Å². The molecule has 1 aliphatic rings. The molecule has 0 unspecified atom stereocenters. The van der Waals surface area contributed by atoms with Crippen molar-refractivity contribution >= 4 is 17.4 Å². The Morgan fingerprint density at radius 1 is 1.10 bits per heavy atom. The summed E-state index contributed by atoms with van der Waals surface area (Å²) in [4.78, 5) is 12.6. The van der Waals surface area contributed by atoms with Crippen LogP contribution in [0.3, 0.4) is 0 Å². The first-order valence-corrected chi connectivity index (χ1v) is 9.59. The number of hydrogen-bond acceptors (Lipinski definition) is 3. The van der Waals surface area contributed by atoms with Crippen LogP contribution in [-0.4, -0.2) is 21.9 Å². The minimum Gasteiger partial charge on any atom is -0.363 e. The largest absolute Gasteiger partial charge is 0.410 e. The first-order chi connectivity index (χ1) is 14.2. The number of aromatic nitrogens is 2. The highest BCUT2D eigenvalue weighted by atomic mass is 19.4. The zero-order valence-corrected chi connectivity index (χ0v) is 16.5. The van der Waals surface area contributed by atoms with E-state index < -0.39 is 24.2 Å². The molecule has 2 atom stereocenters. The van der Waals surface area contributed by atoms with Crippen LogP contribution in [0.5, 0.6) is 0 Å². The number of benzene rings is 2. The number of aryl methyl sites for hydroxylation is 2. The molecule has 0 fully saturated rings. The Bertz CT molecular complexity index is 1080. The lowest BCUT2D eigenvalue weighted by Gasteiger charge is -2.33. The Morgan fingerprint density at radius 3 is 2.50 bits per heavy atom. The average molecular weight is 414 g/mol. The number of nitrogens with zero attached hydrogens (tertiary/aromatic N) is 2. The van der Waals surface area contributed by atoms with Gasteiger partial charge in [0.1, 0.15) is 5.82 Å². The molecule has 156 valence electrons. The fraction of sp³-hybridized carbons (Fsp3) is 0.273. The molecule has 4 rings (SSSR count). The van der Waals surface area contributed by atoms with Crippen LogP contribution in [-0.2, 0) is 0 Å². The van der Waals surface area contributed by atoms with E-state index in [1.807, 2.05) is 32.0 Å². The summed E-state index contributed by atoms with van der Waals surface area (Å²) in [5.74, 6) is -0.387. The molecule has 1 amide bonds. The molecular formula is C22H21F3N4O. The van der Waals surface area contributed by atoms with Gasteiger partial charge in [-0.3, -0.25) is 4.79 Å². The molecule has 30 heavy (non-hydrogen) atoms. The number of hydrogen-bond donors (Lipinski definition) is 2. The molecule has 1 aromatic heterocycles. The normalized spacial score (nSPS) is 18.4. The lowest BCUT2D eigenvalue weighted by Crippen LogP contribution is -2.35. The highest BCUT2D eigenvalue weighted by molar-refractivity contribution is 6.03. The number of amides is 1. The number of carbonyl (C=O) groups is 1. The molecule has 2 heterocycles. The van der Waals surface area contributed by atoms with E-state index in [0.717, 1.165) is 21.4 Å². The monoisotopic (exact) mass is 414 g/mol. The Kier molecular flexibility index (Phi) is 5.01. The predicted octanol–water partition coefficient (Wildman–Crippen LogP) is 5.41. The number of nitrogens with one attached hydrogen (secondary N) is 2. The minimum absolute atomic E-state index is 0.0707. The third-order valence-corrected chi connectivity index (χ3v) is 5.39. The van der Waals surface area contributed by atoms with Gasteiger partial charge in [-0.2, -0.15) is 18.3 Å². The first-order valence-electron chi connectivity index (χ1n) is 9.59. The van der Waals surface area contributed by atoms with Crippen LogP contribution in [0, 0.1) is 13.8 Å². The van der Waals surface area contributed by atoms with Gasteiger partial charge in [-0.1, -0.05) is 36.4 Å². The molecule has 1 aliphatic heterocycles. The van der Waals surface area contributed by atoms with Crippen molar-refractivity contribution in [2.45, 2.75) is 38.5 Å². The topological polar surface area (TPSA) is 59.0 Å². The van der Waals surface area contributed by atoms with Gasteiger partial charge in [-0.25, -0.2) is 4.68 Å². The average Bonchev–Trinajstić information content (AvgIpc) is 3.14. The summed E-state index contributed by atoms with van der Waals surface area (Å²) in [5.41, 5.74) is 3.33. The zero-order chi connectivity index (χ0) is 21.5. The molecule has 0 radical (unpaired) electrons. The standard InChI is InChI=1S/C22H21F3N4O/c1-13-8-9-16(10-14(13)2)26-21(30)18-12-20-27-17(15-6-4-3-5-7-15)11-19(22(23,24)25)29(20)28-18/h3-10,12,17,19,27H,11H2,1-2H3,(H,26,30)/t17-,19+/m0/s1. The van der Waals surface area contributed by atoms with Crippen molar-refractivity contribution < 1.29 is 18.0 Å². The van der Waals surface area contributed by atoms with Crippen molar-refractivity contribution in [2.24, 2.45) is 0 Å². The van der Waals surface area contributed by atoms with E-state index in [1.54, 1.807) is 30.3 Å². The van der Waals surface area contributed by atoms with Gasteiger partial charge < -0.3 is 10.6 Å². The van der Waals surface area contributed by atoms with Crippen LogP contribution in [0.2, 0.25) is 0 Å². The molecule has 5 nitrogen and oxygen atoms in total. The van der Waals surface area contributed by atoms with E-state index in [1.165, 1.54) is 6.07 Å². The van der Waals surface area contributed by atoms with Gasteiger partial charge in [0.15, 0.2) is 11.7 Å². The lowest BCUT2D eigenvalue weighted by atomic mass is 9.97. The molecule has 8 heteroatoms. The van der Waals surface area contributed by atoms with Crippen molar-refractivity contribution in [1.29, 1.82) is 0 Å². The number of alkyl halides is 3. The van der Waals surface area contributed by atoms with Gasteiger partial charge in [-0.05, 0) is 42.7 Å². The molecule has 0 aliphatic carbocycles. The molecule has 0 saturated heterocycles. The molecular weight excluding hydrogens is 393 g/mol. The van der Waals surface area contributed by atoms with E-state index in [2.05, 4.69) is 15.7 Å².